The molecule has 0 unspecified atom stereocenters. The number of rotatable bonds is 16. The summed E-state index contributed by atoms with van der Waals surface area (Å²) in [5.74, 6) is -0.707. The van der Waals surface area contributed by atoms with Gasteiger partial charge in [0, 0.05) is 71.2 Å². The molecule has 4 N–H and O–H groups in total. The molecule has 11 heteroatoms. The Kier molecular flexibility index (Phi) is 10.9. The second-order valence-electron chi connectivity index (χ2n) is 13.7. The minimum atomic E-state index is -0.182. The van der Waals surface area contributed by atoms with E-state index in [1.54, 1.807) is 48.5 Å². The third-order valence-electron chi connectivity index (χ3n) is 9.38. The van der Waals surface area contributed by atoms with Gasteiger partial charge in [-0.1, -0.05) is 48.5 Å². The first-order chi connectivity index (χ1) is 25.1. The molecule has 6 rings (SSSR count). The minimum Gasteiger partial charge on any atom is -0.383 e. The van der Waals surface area contributed by atoms with E-state index in [4.69, 9.17) is 0 Å². The van der Waals surface area contributed by atoms with Crippen molar-refractivity contribution >= 4 is 52.6 Å². The zero-order valence-corrected chi connectivity index (χ0v) is 30.3. The summed E-state index contributed by atoms with van der Waals surface area (Å²) < 4.78 is 1.88. The number of benzene rings is 4. The van der Waals surface area contributed by atoms with Crippen LogP contribution < -0.4 is 21.3 Å². The SMILES string of the molecule is C=[N+](CCNc1cccc2c1C(=O)c1cccc(NCCN(C)C)c1C2=O)CCNc1cccc2c1C(=O)c1cccc(NCCN(C)C)c1C2=O. The van der Waals surface area contributed by atoms with Gasteiger partial charge in [0.15, 0.2) is 36.2 Å². The molecule has 52 heavy (non-hydrogen) atoms. The van der Waals surface area contributed by atoms with E-state index in [9.17, 15) is 19.2 Å². The van der Waals surface area contributed by atoms with Crippen LogP contribution in [0.1, 0.15) is 63.7 Å². The predicted octanol–water partition coefficient (Wildman–Crippen LogP) is 4.42. The smallest absolute Gasteiger partial charge is 0.196 e. The van der Waals surface area contributed by atoms with Gasteiger partial charge >= 0.3 is 0 Å². The monoisotopic (exact) mass is 700 g/mol. The lowest BCUT2D eigenvalue weighted by Crippen LogP contribution is -2.28. The molecule has 0 bridgehead atoms. The van der Waals surface area contributed by atoms with Crippen molar-refractivity contribution < 1.29 is 23.8 Å². The Hall–Kier alpha value is -5.65. The Bertz CT molecular complexity index is 1930. The summed E-state index contributed by atoms with van der Waals surface area (Å²) >= 11 is 0. The molecule has 0 aromatic heterocycles. The summed E-state index contributed by atoms with van der Waals surface area (Å²) in [6.07, 6.45) is 0. The lowest BCUT2D eigenvalue weighted by atomic mass is 9.82. The Balaban J connectivity index is 1.07. The van der Waals surface area contributed by atoms with Gasteiger partial charge in [0.05, 0.1) is 35.3 Å². The Labute approximate surface area is 304 Å². The van der Waals surface area contributed by atoms with E-state index in [1.807, 2.05) is 66.8 Å². The van der Waals surface area contributed by atoms with E-state index in [1.165, 1.54) is 0 Å². The molecule has 4 aromatic carbocycles. The molecule has 0 fully saturated rings. The molecule has 2 aliphatic rings. The molecule has 0 saturated carbocycles. The van der Waals surface area contributed by atoms with Crippen LogP contribution in [0.5, 0.6) is 0 Å². The summed E-state index contributed by atoms with van der Waals surface area (Å²) in [6.45, 7) is 9.10. The van der Waals surface area contributed by atoms with E-state index in [0.717, 1.165) is 13.1 Å². The molecule has 0 atom stereocenters. The second kappa shape index (κ2) is 15.7. The fourth-order valence-electron chi connectivity index (χ4n) is 6.71. The van der Waals surface area contributed by atoms with Crippen molar-refractivity contribution in [2.45, 2.75) is 0 Å². The number of hydrogen-bond donors (Lipinski definition) is 4. The maximum Gasteiger partial charge on any atom is 0.196 e. The normalized spacial score (nSPS) is 13.0. The average Bonchev–Trinajstić information content (AvgIpc) is 3.12. The van der Waals surface area contributed by atoms with Gasteiger partial charge in [0.25, 0.3) is 0 Å². The van der Waals surface area contributed by atoms with E-state index < -0.39 is 0 Å². The molecular weight excluding hydrogens is 654 g/mol. The van der Waals surface area contributed by atoms with Gasteiger partial charge in [-0.25, -0.2) is 4.58 Å². The number of anilines is 4. The third kappa shape index (κ3) is 7.37. The predicted molar refractivity (Wildman–Crippen MR) is 208 cm³/mol. The molecule has 11 nitrogen and oxygen atoms in total. The van der Waals surface area contributed by atoms with Crippen LogP contribution in [0, 0.1) is 0 Å². The highest BCUT2D eigenvalue weighted by atomic mass is 16.1. The molecule has 0 saturated heterocycles. The van der Waals surface area contributed by atoms with Crippen molar-refractivity contribution in [2.75, 3.05) is 102 Å². The van der Waals surface area contributed by atoms with Gasteiger partial charge in [-0.05, 0) is 52.5 Å². The lowest BCUT2D eigenvalue weighted by molar-refractivity contribution is -0.513. The number of likely N-dealkylation sites (N-methyl/N-ethyl adjacent to an activating group) is 2. The molecule has 0 radical (unpaired) electrons. The number of fused-ring (bicyclic) bond motifs is 4. The van der Waals surface area contributed by atoms with Gasteiger partial charge in [-0.15, -0.1) is 0 Å². The zero-order valence-electron chi connectivity index (χ0n) is 30.3. The first-order valence-electron chi connectivity index (χ1n) is 17.6. The zero-order chi connectivity index (χ0) is 36.9. The number of carbonyl (C=O) groups is 4. The fourth-order valence-corrected chi connectivity index (χ4v) is 6.71. The van der Waals surface area contributed by atoms with Crippen molar-refractivity contribution in [3.8, 4) is 0 Å². The molecule has 0 spiro atoms. The van der Waals surface area contributed by atoms with Crippen LogP contribution in [0.15, 0.2) is 72.8 Å². The van der Waals surface area contributed by atoms with Crippen LogP contribution in [0.2, 0.25) is 0 Å². The van der Waals surface area contributed by atoms with Crippen LogP contribution in [0.4, 0.5) is 22.7 Å². The van der Waals surface area contributed by atoms with Crippen LogP contribution in [-0.2, 0) is 0 Å². The van der Waals surface area contributed by atoms with Crippen LogP contribution in [-0.4, -0.2) is 125 Å². The van der Waals surface area contributed by atoms with Gasteiger partial charge in [0.2, 0.25) is 0 Å². The van der Waals surface area contributed by atoms with Crippen LogP contribution in [0.3, 0.4) is 0 Å². The van der Waals surface area contributed by atoms with E-state index >= 15 is 0 Å². The van der Waals surface area contributed by atoms with Crippen molar-refractivity contribution in [1.29, 1.82) is 0 Å². The topological polar surface area (TPSA) is 126 Å². The summed E-state index contributed by atoms with van der Waals surface area (Å²) in [6, 6.07) is 21.4. The maximum absolute atomic E-state index is 13.8. The minimum absolute atomic E-state index is 0.171. The number of hydrogen-bond acceptors (Lipinski definition) is 10. The molecule has 0 amide bonds. The van der Waals surface area contributed by atoms with Gasteiger partial charge in [0.1, 0.15) is 6.72 Å². The number of nitrogens with one attached hydrogen (secondary N) is 4. The number of carbonyl (C=O) groups excluding carboxylic acids is 4. The summed E-state index contributed by atoms with van der Waals surface area (Å²) in [5, 5.41) is 13.4. The molecular formula is C41H46N7O4+. The highest BCUT2D eigenvalue weighted by Gasteiger charge is 2.35. The Morgan fingerprint density at radius 1 is 0.462 bits per heavy atom. The van der Waals surface area contributed by atoms with Crippen molar-refractivity contribution in [1.82, 2.24) is 9.80 Å². The molecule has 2 aliphatic carbocycles. The van der Waals surface area contributed by atoms with Crippen LogP contribution >= 0.6 is 0 Å². The molecule has 0 aliphatic heterocycles. The Morgan fingerprint density at radius 2 is 0.731 bits per heavy atom. The first-order valence-corrected chi connectivity index (χ1v) is 17.6. The standard InChI is InChI=1S/C41H45N7O4/c1-46(2)22-18-42-30-14-6-10-26-34(30)38(49)28-12-8-16-32(36(28)40(26)51)44-20-24-48(5)25-21-45-33-17-9-13-29-37(33)41(52)27-11-7-15-31(35(27)39(29)50)43-19-23-47(3)4/h6-17H,5,18-25H2,1-4H3,(H3-,42,43,44,45,49,50,51,52)/p+1. The number of ketones is 4. The van der Waals surface area contributed by atoms with Gasteiger partial charge in [-0.2, -0.15) is 0 Å². The Morgan fingerprint density at radius 3 is 1.00 bits per heavy atom. The highest BCUT2D eigenvalue weighted by Crippen LogP contribution is 2.37. The highest BCUT2D eigenvalue weighted by molar-refractivity contribution is 6.32. The second-order valence-corrected chi connectivity index (χ2v) is 13.7. The van der Waals surface area contributed by atoms with E-state index in [2.05, 4.69) is 28.0 Å². The summed E-state index contributed by atoms with van der Waals surface area (Å²) in [7, 11) is 7.93. The largest absolute Gasteiger partial charge is 0.383 e. The van der Waals surface area contributed by atoms with Crippen LogP contribution in [0.25, 0.3) is 0 Å². The molecule has 4 aromatic rings. The van der Waals surface area contributed by atoms with Crippen molar-refractivity contribution in [3.05, 3.63) is 117 Å². The number of nitrogens with zero attached hydrogens (tertiary/aromatic N) is 3. The van der Waals surface area contributed by atoms with Crippen molar-refractivity contribution in [3.63, 3.8) is 0 Å². The summed E-state index contributed by atoms with van der Waals surface area (Å²) in [5.41, 5.74) is 5.71. The first kappa shape index (κ1) is 36.2. The third-order valence-corrected chi connectivity index (χ3v) is 9.38. The average molecular weight is 701 g/mol. The quantitative estimate of drug-likeness (QED) is 0.0852. The molecule has 268 valence electrons. The van der Waals surface area contributed by atoms with Gasteiger partial charge in [-0.3, -0.25) is 19.2 Å². The fraction of sp³-hybridized carbons (Fsp3) is 0.293. The maximum atomic E-state index is 13.8. The van der Waals surface area contributed by atoms with Gasteiger partial charge < -0.3 is 31.1 Å². The summed E-state index contributed by atoms with van der Waals surface area (Å²) in [4.78, 5) is 59.0. The molecule has 0 heterocycles. The lowest BCUT2D eigenvalue weighted by Gasteiger charge is -2.23. The van der Waals surface area contributed by atoms with Crippen molar-refractivity contribution in [2.24, 2.45) is 0 Å². The van der Waals surface area contributed by atoms with E-state index in [0.29, 0.717) is 107 Å². The van der Waals surface area contributed by atoms with E-state index in [-0.39, 0.29) is 23.1 Å².